The van der Waals surface area contributed by atoms with E-state index in [9.17, 15) is 29.6 Å². The van der Waals surface area contributed by atoms with Crippen molar-refractivity contribution >= 4 is 62.9 Å². The summed E-state index contributed by atoms with van der Waals surface area (Å²) in [6.45, 7) is 1.64. The maximum Gasteiger partial charge on any atom is 0.335 e. The highest BCUT2D eigenvalue weighted by atomic mass is 35.5. The maximum absolute atomic E-state index is 13.6. The first-order valence-electron chi connectivity index (χ1n) is 10.7. The van der Waals surface area contributed by atoms with Gasteiger partial charge in [-0.15, -0.1) is 0 Å². The van der Waals surface area contributed by atoms with Crippen molar-refractivity contribution < 1.29 is 24.4 Å². The number of rotatable bonds is 5. The second-order valence-corrected chi connectivity index (χ2v) is 8.62. The number of nitrogens with one attached hydrogen (secondary N) is 1. The number of amides is 2. The van der Waals surface area contributed by atoms with Gasteiger partial charge in [-0.2, -0.15) is 0 Å². The van der Waals surface area contributed by atoms with E-state index < -0.39 is 22.7 Å². The van der Waals surface area contributed by atoms with E-state index in [1.165, 1.54) is 24.3 Å². The molecule has 1 aliphatic heterocycles. The summed E-state index contributed by atoms with van der Waals surface area (Å²) in [4.78, 5) is 51.0. The molecule has 0 atom stereocenters. The van der Waals surface area contributed by atoms with Gasteiger partial charge in [-0.25, -0.2) is 9.69 Å². The second-order valence-electron chi connectivity index (χ2n) is 8.19. The van der Waals surface area contributed by atoms with E-state index in [4.69, 9.17) is 11.6 Å². The normalized spacial score (nSPS) is 12.7. The van der Waals surface area contributed by atoms with Crippen molar-refractivity contribution in [3.8, 4) is 0 Å². The molecule has 1 heterocycles. The van der Waals surface area contributed by atoms with E-state index in [1.54, 1.807) is 43.3 Å². The molecule has 4 aromatic carbocycles. The largest absolute Gasteiger partial charge is 0.478 e. The molecular formula is C26H16ClN3O6. The zero-order valence-corrected chi connectivity index (χ0v) is 19.4. The lowest BCUT2D eigenvalue weighted by Crippen LogP contribution is -2.41. The van der Waals surface area contributed by atoms with Crippen molar-refractivity contribution in [1.82, 2.24) is 0 Å². The van der Waals surface area contributed by atoms with Gasteiger partial charge in [0.2, 0.25) is 0 Å². The molecule has 178 valence electrons. The molecule has 9 nitrogen and oxygen atoms in total. The number of halogens is 1. The van der Waals surface area contributed by atoms with Crippen molar-refractivity contribution in [3.63, 3.8) is 0 Å². The average Bonchev–Trinajstić information content (AvgIpc) is 2.85. The number of nitro benzene ring substituents is 1. The Balaban J connectivity index is 1.74. The van der Waals surface area contributed by atoms with E-state index in [0.29, 0.717) is 21.7 Å². The smallest absolute Gasteiger partial charge is 0.335 e. The Labute approximate surface area is 208 Å². The van der Waals surface area contributed by atoms with Gasteiger partial charge in [-0.3, -0.25) is 19.7 Å². The third-order valence-electron chi connectivity index (χ3n) is 6.01. The van der Waals surface area contributed by atoms with Crippen LogP contribution in [0.5, 0.6) is 0 Å². The van der Waals surface area contributed by atoms with Crippen molar-refractivity contribution in [2.24, 2.45) is 0 Å². The predicted molar refractivity (Wildman–Crippen MR) is 135 cm³/mol. The SMILES string of the molecule is Cc1ccc(C(=O)O)cc1N1C(=O)c2cccc3c(Nc4ccc(Cl)cc4)c([N+](=O)[O-])cc(c23)C1=O. The van der Waals surface area contributed by atoms with Crippen LogP contribution in [0.3, 0.4) is 0 Å². The molecule has 0 bridgehead atoms. The second kappa shape index (κ2) is 8.47. The monoisotopic (exact) mass is 501 g/mol. The highest BCUT2D eigenvalue weighted by Gasteiger charge is 2.37. The maximum atomic E-state index is 13.6. The first-order valence-corrected chi connectivity index (χ1v) is 11.0. The van der Waals surface area contributed by atoms with Gasteiger partial charge >= 0.3 is 5.97 Å². The molecule has 10 heteroatoms. The first kappa shape index (κ1) is 23.0. The number of imide groups is 1. The zero-order chi connectivity index (χ0) is 25.7. The van der Waals surface area contributed by atoms with Crippen LogP contribution in [0.15, 0.2) is 66.7 Å². The topological polar surface area (TPSA) is 130 Å². The summed E-state index contributed by atoms with van der Waals surface area (Å²) in [5, 5.41) is 25.6. The van der Waals surface area contributed by atoms with E-state index in [0.717, 1.165) is 11.0 Å². The van der Waals surface area contributed by atoms with Gasteiger partial charge < -0.3 is 10.4 Å². The molecule has 4 aromatic rings. The summed E-state index contributed by atoms with van der Waals surface area (Å²) in [5.41, 5.74) is 0.911. The summed E-state index contributed by atoms with van der Waals surface area (Å²) >= 11 is 5.95. The molecule has 0 saturated carbocycles. The highest BCUT2D eigenvalue weighted by Crippen LogP contribution is 2.42. The van der Waals surface area contributed by atoms with E-state index in [-0.39, 0.29) is 39.1 Å². The molecule has 5 rings (SSSR count). The highest BCUT2D eigenvalue weighted by molar-refractivity contribution is 6.37. The quantitative estimate of drug-likeness (QED) is 0.196. The number of nitrogens with zero attached hydrogens (tertiary/aromatic N) is 2. The molecule has 0 fully saturated rings. The van der Waals surface area contributed by atoms with Crippen molar-refractivity contribution in [3.05, 3.63) is 104 Å². The Morgan fingerprint density at radius 2 is 1.69 bits per heavy atom. The lowest BCUT2D eigenvalue weighted by Gasteiger charge is -2.29. The summed E-state index contributed by atoms with van der Waals surface area (Å²) in [5.74, 6) is -2.66. The van der Waals surface area contributed by atoms with Crippen LogP contribution in [0, 0.1) is 17.0 Å². The van der Waals surface area contributed by atoms with Crippen LogP contribution >= 0.6 is 11.6 Å². The number of benzene rings is 4. The van der Waals surface area contributed by atoms with Crippen molar-refractivity contribution in [2.45, 2.75) is 6.92 Å². The lowest BCUT2D eigenvalue weighted by molar-refractivity contribution is -0.383. The van der Waals surface area contributed by atoms with Gasteiger partial charge in [0.25, 0.3) is 17.5 Å². The van der Waals surface area contributed by atoms with Crippen LogP contribution < -0.4 is 10.2 Å². The fraction of sp³-hybridized carbons (Fsp3) is 0.0385. The van der Waals surface area contributed by atoms with Gasteiger partial charge in [0.05, 0.1) is 21.7 Å². The predicted octanol–water partition coefficient (Wildman–Crippen LogP) is 5.95. The van der Waals surface area contributed by atoms with Gasteiger partial charge in [-0.1, -0.05) is 29.8 Å². The van der Waals surface area contributed by atoms with Crippen LogP contribution in [0.25, 0.3) is 10.8 Å². The number of carboxylic acids is 1. The van der Waals surface area contributed by atoms with Crippen LogP contribution in [0.4, 0.5) is 22.7 Å². The Morgan fingerprint density at radius 3 is 2.36 bits per heavy atom. The van der Waals surface area contributed by atoms with E-state index >= 15 is 0 Å². The molecule has 2 N–H and O–H groups in total. The molecule has 0 radical (unpaired) electrons. The summed E-state index contributed by atoms with van der Waals surface area (Å²) < 4.78 is 0. The van der Waals surface area contributed by atoms with E-state index in [1.807, 2.05) is 0 Å². The summed E-state index contributed by atoms with van der Waals surface area (Å²) in [6.07, 6.45) is 0. The summed E-state index contributed by atoms with van der Waals surface area (Å²) in [6, 6.07) is 16.5. The third kappa shape index (κ3) is 3.62. The van der Waals surface area contributed by atoms with Crippen LogP contribution in [-0.2, 0) is 0 Å². The van der Waals surface area contributed by atoms with E-state index in [2.05, 4.69) is 5.32 Å². The third-order valence-corrected chi connectivity index (χ3v) is 6.27. The Bertz CT molecular complexity index is 1630. The molecular weight excluding hydrogens is 486 g/mol. The minimum Gasteiger partial charge on any atom is -0.478 e. The molecule has 2 amide bonds. The van der Waals surface area contributed by atoms with Crippen LogP contribution in [-0.4, -0.2) is 27.8 Å². The van der Waals surface area contributed by atoms with Crippen LogP contribution in [0.1, 0.15) is 36.6 Å². The number of aromatic carboxylic acids is 1. The number of hydrogen-bond donors (Lipinski definition) is 2. The Hall–Kier alpha value is -4.76. The van der Waals surface area contributed by atoms with Gasteiger partial charge in [0.1, 0.15) is 5.69 Å². The Kier molecular flexibility index (Phi) is 5.41. The number of carboxylic acid groups (broad SMARTS) is 1. The number of nitro groups is 1. The Morgan fingerprint density at radius 1 is 1.00 bits per heavy atom. The van der Waals surface area contributed by atoms with Crippen LogP contribution in [0.2, 0.25) is 5.02 Å². The fourth-order valence-corrected chi connectivity index (χ4v) is 4.43. The van der Waals surface area contributed by atoms with Gasteiger partial charge in [0, 0.05) is 33.1 Å². The number of hydrogen-bond acceptors (Lipinski definition) is 6. The summed E-state index contributed by atoms with van der Waals surface area (Å²) in [7, 11) is 0. The molecule has 36 heavy (non-hydrogen) atoms. The fourth-order valence-electron chi connectivity index (χ4n) is 4.30. The molecule has 1 aliphatic rings. The minimum atomic E-state index is -1.22. The van der Waals surface area contributed by atoms with Crippen molar-refractivity contribution in [1.29, 1.82) is 0 Å². The lowest BCUT2D eigenvalue weighted by atomic mass is 9.91. The number of carbonyl (C=O) groups is 3. The molecule has 0 unspecified atom stereocenters. The van der Waals surface area contributed by atoms with Gasteiger partial charge in [-0.05, 0) is 55.0 Å². The molecule has 0 saturated heterocycles. The average molecular weight is 502 g/mol. The number of aryl methyl sites for hydroxylation is 1. The molecule has 0 aromatic heterocycles. The molecule has 0 aliphatic carbocycles. The zero-order valence-electron chi connectivity index (χ0n) is 18.6. The van der Waals surface area contributed by atoms with Gasteiger partial charge in [0.15, 0.2) is 0 Å². The van der Waals surface area contributed by atoms with Crippen molar-refractivity contribution in [2.75, 3.05) is 10.2 Å². The first-order chi connectivity index (χ1) is 17.2. The number of carbonyl (C=O) groups excluding carboxylic acids is 2. The number of anilines is 3. The standard InChI is InChI=1S/C26H16ClN3O6/c1-13-5-6-14(26(33)34)11-20(13)29-24(31)18-4-2-3-17-22(18)19(25(29)32)12-21(30(35)36)23(17)28-16-9-7-15(27)8-10-16/h2-12,28H,1H3,(H,33,34). The molecule has 0 spiro atoms. The minimum absolute atomic E-state index is 0.0336.